The quantitative estimate of drug-likeness (QED) is 0.854. The highest BCUT2D eigenvalue weighted by molar-refractivity contribution is 7.80. The molecule has 0 aromatic heterocycles. The summed E-state index contributed by atoms with van der Waals surface area (Å²) in [5.74, 6) is 0. The van der Waals surface area contributed by atoms with Gasteiger partial charge in [-0.15, -0.1) is 0 Å². The topological polar surface area (TPSA) is 29.3 Å². The van der Waals surface area contributed by atoms with Crippen molar-refractivity contribution < 1.29 is 0 Å². The van der Waals surface area contributed by atoms with Crippen LogP contribution < -0.4 is 5.73 Å². The number of hydrogen-bond acceptors (Lipinski definition) is 2. The molecule has 3 heteroatoms. The molecule has 2 rings (SSSR count). The first-order valence-corrected chi connectivity index (χ1v) is 7.74. The summed E-state index contributed by atoms with van der Waals surface area (Å²) in [5.41, 5.74) is 7.95. The lowest BCUT2D eigenvalue weighted by atomic mass is 10.1. The normalized spacial score (nSPS) is 21.0. The predicted molar refractivity (Wildman–Crippen MR) is 85.3 cm³/mol. The highest BCUT2D eigenvalue weighted by Crippen LogP contribution is 2.21. The molecule has 1 aliphatic heterocycles. The molecule has 0 radical (unpaired) electrons. The molecule has 0 amide bonds. The average molecular weight is 276 g/mol. The van der Waals surface area contributed by atoms with Crippen LogP contribution in [0.4, 0.5) is 0 Å². The first-order chi connectivity index (χ1) is 9.20. The van der Waals surface area contributed by atoms with Crippen LogP contribution in [0.5, 0.6) is 0 Å². The van der Waals surface area contributed by atoms with Gasteiger partial charge in [0, 0.05) is 18.2 Å². The van der Waals surface area contributed by atoms with E-state index in [1.807, 2.05) is 12.1 Å². The number of nitrogens with zero attached hydrogens (tertiary/aromatic N) is 1. The van der Waals surface area contributed by atoms with Gasteiger partial charge in [0.25, 0.3) is 0 Å². The number of hydrogen-bond donors (Lipinski definition) is 1. The van der Waals surface area contributed by atoms with Crippen molar-refractivity contribution in [2.45, 2.75) is 51.6 Å². The van der Waals surface area contributed by atoms with Gasteiger partial charge in [-0.25, -0.2) is 0 Å². The van der Waals surface area contributed by atoms with E-state index in [1.165, 1.54) is 44.2 Å². The van der Waals surface area contributed by atoms with Crippen LogP contribution in [0.25, 0.3) is 0 Å². The lowest BCUT2D eigenvalue weighted by Gasteiger charge is -2.29. The van der Waals surface area contributed by atoms with Crippen molar-refractivity contribution in [3.63, 3.8) is 0 Å². The van der Waals surface area contributed by atoms with Crippen molar-refractivity contribution in [3.05, 3.63) is 35.4 Å². The molecule has 0 bridgehead atoms. The summed E-state index contributed by atoms with van der Waals surface area (Å²) >= 11 is 4.99. The van der Waals surface area contributed by atoms with Gasteiger partial charge >= 0.3 is 0 Å². The maximum Gasteiger partial charge on any atom is 0.103 e. The number of likely N-dealkylation sites (tertiary alicyclic amines) is 1. The number of rotatable bonds is 4. The van der Waals surface area contributed by atoms with E-state index >= 15 is 0 Å². The largest absolute Gasteiger partial charge is 0.389 e. The van der Waals surface area contributed by atoms with Crippen LogP contribution in [0.3, 0.4) is 0 Å². The number of nitrogens with two attached hydrogens (primary N) is 1. The minimum Gasteiger partial charge on any atom is -0.389 e. The van der Waals surface area contributed by atoms with Gasteiger partial charge in [-0.1, -0.05) is 56.2 Å². The van der Waals surface area contributed by atoms with Crippen LogP contribution in [0, 0.1) is 0 Å². The van der Waals surface area contributed by atoms with Gasteiger partial charge in [-0.2, -0.15) is 0 Å². The van der Waals surface area contributed by atoms with Crippen LogP contribution in [-0.2, 0) is 6.54 Å². The summed E-state index contributed by atoms with van der Waals surface area (Å²) < 4.78 is 0. The van der Waals surface area contributed by atoms with E-state index in [-0.39, 0.29) is 0 Å². The highest BCUT2D eigenvalue weighted by atomic mass is 32.1. The van der Waals surface area contributed by atoms with Gasteiger partial charge in [0.05, 0.1) is 0 Å². The maximum atomic E-state index is 5.63. The fourth-order valence-corrected chi connectivity index (χ4v) is 3.05. The van der Waals surface area contributed by atoms with Gasteiger partial charge in [0.1, 0.15) is 4.99 Å². The predicted octanol–water partition coefficient (Wildman–Crippen LogP) is 3.48. The van der Waals surface area contributed by atoms with E-state index in [2.05, 4.69) is 24.0 Å². The average Bonchev–Trinajstić information content (AvgIpc) is 2.64. The lowest BCUT2D eigenvalue weighted by molar-refractivity contribution is 0.186. The minimum absolute atomic E-state index is 0.479. The van der Waals surface area contributed by atoms with Gasteiger partial charge in [0.15, 0.2) is 0 Å². The van der Waals surface area contributed by atoms with Crippen LogP contribution >= 0.6 is 12.2 Å². The molecule has 1 aromatic carbocycles. The van der Waals surface area contributed by atoms with Gasteiger partial charge in [-0.3, -0.25) is 4.90 Å². The molecule has 0 aliphatic carbocycles. The molecule has 1 atom stereocenters. The molecule has 1 aromatic rings. The third-order valence-corrected chi connectivity index (χ3v) is 4.33. The Hall–Kier alpha value is -0.930. The third kappa shape index (κ3) is 4.02. The van der Waals surface area contributed by atoms with Crippen molar-refractivity contribution in [2.24, 2.45) is 5.73 Å². The van der Waals surface area contributed by atoms with Crippen molar-refractivity contribution >= 4 is 17.2 Å². The van der Waals surface area contributed by atoms with E-state index in [1.54, 1.807) is 0 Å². The molecular formula is C16H24N2S. The summed E-state index contributed by atoms with van der Waals surface area (Å²) in [6, 6.07) is 9.14. The number of benzene rings is 1. The van der Waals surface area contributed by atoms with E-state index in [0.717, 1.165) is 18.2 Å². The van der Waals surface area contributed by atoms with Crippen LogP contribution in [0.1, 0.15) is 50.2 Å². The molecule has 0 saturated carbocycles. The Morgan fingerprint density at radius 2 is 2.00 bits per heavy atom. The van der Waals surface area contributed by atoms with Crippen molar-refractivity contribution in [3.8, 4) is 0 Å². The molecule has 2 nitrogen and oxygen atoms in total. The summed E-state index contributed by atoms with van der Waals surface area (Å²) in [6.45, 7) is 4.59. The van der Waals surface area contributed by atoms with Gasteiger partial charge < -0.3 is 5.73 Å². The summed E-state index contributed by atoms with van der Waals surface area (Å²) in [7, 11) is 0. The second-order valence-electron chi connectivity index (χ2n) is 5.44. The molecule has 1 fully saturated rings. The van der Waals surface area contributed by atoms with Crippen LogP contribution in [0.2, 0.25) is 0 Å². The van der Waals surface area contributed by atoms with Crippen LogP contribution in [0.15, 0.2) is 24.3 Å². The maximum absolute atomic E-state index is 5.63. The monoisotopic (exact) mass is 276 g/mol. The van der Waals surface area contributed by atoms with Crippen LogP contribution in [-0.4, -0.2) is 22.5 Å². The first-order valence-electron chi connectivity index (χ1n) is 7.33. The standard InChI is InChI=1S/C16H24N2S/c1-2-15-6-4-3-5-11-18(15)12-13-7-9-14(10-8-13)16(17)19/h7-10,15H,2-6,11-12H2,1H3,(H2,17,19). The van der Waals surface area contributed by atoms with E-state index in [4.69, 9.17) is 18.0 Å². The highest BCUT2D eigenvalue weighted by Gasteiger charge is 2.19. The Kier molecular flexibility index (Phi) is 5.34. The fourth-order valence-electron chi connectivity index (χ4n) is 2.92. The molecule has 2 N–H and O–H groups in total. The van der Waals surface area contributed by atoms with Crippen molar-refractivity contribution in [2.75, 3.05) is 6.54 Å². The Morgan fingerprint density at radius 1 is 1.26 bits per heavy atom. The molecule has 19 heavy (non-hydrogen) atoms. The SMILES string of the molecule is CCC1CCCCCN1Cc1ccc(C(N)=S)cc1. The summed E-state index contributed by atoms with van der Waals surface area (Å²) in [4.78, 5) is 3.12. The number of thiocarbonyl (C=S) groups is 1. The third-order valence-electron chi connectivity index (χ3n) is 4.09. The zero-order valence-electron chi connectivity index (χ0n) is 11.8. The Bertz CT molecular complexity index is 413. The minimum atomic E-state index is 0.479. The molecule has 0 spiro atoms. The Morgan fingerprint density at radius 3 is 2.63 bits per heavy atom. The molecule has 1 saturated heterocycles. The summed E-state index contributed by atoms with van der Waals surface area (Å²) in [6.07, 6.45) is 6.71. The lowest BCUT2D eigenvalue weighted by Crippen LogP contribution is -2.33. The molecule has 1 heterocycles. The van der Waals surface area contributed by atoms with Crippen molar-refractivity contribution in [1.82, 2.24) is 4.90 Å². The van der Waals surface area contributed by atoms with E-state index < -0.39 is 0 Å². The van der Waals surface area contributed by atoms with E-state index in [0.29, 0.717) is 4.99 Å². The Balaban J connectivity index is 2.03. The molecule has 1 unspecified atom stereocenters. The second kappa shape index (κ2) is 7.01. The first kappa shape index (κ1) is 14.5. The van der Waals surface area contributed by atoms with Crippen molar-refractivity contribution in [1.29, 1.82) is 0 Å². The molecule has 104 valence electrons. The second-order valence-corrected chi connectivity index (χ2v) is 5.88. The van der Waals surface area contributed by atoms with Gasteiger partial charge in [0.2, 0.25) is 0 Å². The zero-order chi connectivity index (χ0) is 13.7. The zero-order valence-corrected chi connectivity index (χ0v) is 12.6. The molecule has 1 aliphatic rings. The molecular weight excluding hydrogens is 252 g/mol. The fraction of sp³-hybridized carbons (Fsp3) is 0.562. The van der Waals surface area contributed by atoms with E-state index in [9.17, 15) is 0 Å². The smallest absolute Gasteiger partial charge is 0.103 e. The summed E-state index contributed by atoms with van der Waals surface area (Å²) in [5, 5.41) is 0. The Labute approximate surface area is 122 Å². The van der Waals surface area contributed by atoms with Gasteiger partial charge in [-0.05, 0) is 31.4 Å².